The van der Waals surface area contributed by atoms with Gasteiger partial charge in [-0.15, -0.1) is 11.3 Å². The van der Waals surface area contributed by atoms with Gasteiger partial charge in [-0.25, -0.2) is 0 Å². The van der Waals surface area contributed by atoms with E-state index in [1.54, 1.807) is 0 Å². The van der Waals surface area contributed by atoms with Crippen LogP contribution in [0.25, 0.3) is 70.6 Å². The van der Waals surface area contributed by atoms with Crippen LogP contribution in [-0.4, -0.2) is 11.3 Å². The van der Waals surface area contributed by atoms with Crippen LogP contribution < -0.4 is 30.4 Å². The fourth-order valence-corrected chi connectivity index (χ4v) is 14.8. The molecule has 0 saturated carbocycles. The molecule has 3 aromatic heterocycles. The van der Waals surface area contributed by atoms with Gasteiger partial charge in [0.2, 0.25) is 0 Å². The third-order valence-corrected chi connectivity index (χ3v) is 18.9. The van der Waals surface area contributed by atoms with Crippen molar-refractivity contribution in [1.82, 2.24) is 4.57 Å². The number of anilines is 9. The molecule has 3 aliphatic rings. The van der Waals surface area contributed by atoms with Crippen molar-refractivity contribution in [3.8, 4) is 16.8 Å². The lowest BCUT2D eigenvalue weighted by atomic mass is 9.36. The van der Waals surface area contributed by atoms with Crippen LogP contribution in [0.4, 0.5) is 51.2 Å². The first-order chi connectivity index (χ1) is 39.1. The highest BCUT2D eigenvalue weighted by Crippen LogP contribution is 2.57. The topological polar surface area (TPSA) is 27.8 Å². The molecule has 0 fully saturated rings. The molecule has 6 heterocycles. The summed E-state index contributed by atoms with van der Waals surface area (Å²) in [6, 6.07) is 77.7. The van der Waals surface area contributed by atoms with Crippen LogP contribution in [0, 0.1) is 0 Å². The molecule has 0 saturated heterocycles. The van der Waals surface area contributed by atoms with Crippen LogP contribution in [-0.2, 0) is 16.2 Å². The lowest BCUT2D eigenvalue weighted by molar-refractivity contribution is 0.590. The van der Waals surface area contributed by atoms with E-state index in [9.17, 15) is 0 Å². The highest BCUT2D eigenvalue weighted by molar-refractivity contribution is 7.33. The number of rotatable bonds is 5. The average Bonchev–Trinajstić information content (AvgIpc) is 3.96. The van der Waals surface area contributed by atoms with Crippen molar-refractivity contribution in [2.24, 2.45) is 0 Å². The Balaban J connectivity index is 1.10. The van der Waals surface area contributed by atoms with E-state index in [0.717, 1.165) is 50.4 Å². The van der Waals surface area contributed by atoms with Crippen molar-refractivity contribution in [3.05, 3.63) is 223 Å². The van der Waals surface area contributed by atoms with E-state index < -0.39 is 0 Å². The lowest BCUT2D eigenvalue weighted by Crippen LogP contribution is -2.61. The molecule has 3 aliphatic heterocycles. The van der Waals surface area contributed by atoms with Crippen molar-refractivity contribution in [3.63, 3.8) is 0 Å². The number of fused-ring (bicyclic) bond motifs is 14. The van der Waals surface area contributed by atoms with Gasteiger partial charge in [-0.2, -0.15) is 0 Å². The Bertz CT molecular complexity index is 4740. The van der Waals surface area contributed by atoms with Gasteiger partial charge in [0.05, 0.1) is 39.5 Å². The maximum Gasteiger partial charge on any atom is 0.264 e. The summed E-state index contributed by atoms with van der Waals surface area (Å²) in [7, 11) is 0. The first-order valence-electron chi connectivity index (χ1n) is 28.6. The zero-order chi connectivity index (χ0) is 55.0. The zero-order valence-electron chi connectivity index (χ0n) is 47.3. The summed E-state index contributed by atoms with van der Waals surface area (Å²) in [5, 5.41) is 6.05. The van der Waals surface area contributed by atoms with Gasteiger partial charge in [0.1, 0.15) is 11.2 Å². The molecule has 0 spiro atoms. The van der Waals surface area contributed by atoms with Gasteiger partial charge >= 0.3 is 0 Å². The summed E-state index contributed by atoms with van der Waals surface area (Å²) in [4.78, 5) is 7.77. The largest absolute Gasteiger partial charge is 0.456 e. The normalized spacial score (nSPS) is 13.7. The first kappa shape index (κ1) is 48.2. The monoisotopic (exact) mass is 1060 g/mol. The highest BCUT2D eigenvalue weighted by Gasteiger charge is 2.49. The van der Waals surface area contributed by atoms with E-state index in [4.69, 9.17) is 4.42 Å². The van der Waals surface area contributed by atoms with Crippen LogP contribution in [0.1, 0.15) is 79.0 Å². The maximum atomic E-state index is 6.82. The fraction of sp³-hybridized carbons (Fsp3) is 0.162. The van der Waals surface area contributed by atoms with Gasteiger partial charge in [-0.1, -0.05) is 165 Å². The van der Waals surface area contributed by atoms with E-state index in [-0.39, 0.29) is 23.0 Å². The fourth-order valence-electron chi connectivity index (χ4n) is 13.5. The minimum Gasteiger partial charge on any atom is -0.456 e. The number of thiophene rings is 1. The molecule has 16 rings (SSSR count). The number of nitrogens with zero attached hydrogens (tertiary/aromatic N) is 4. The zero-order valence-corrected chi connectivity index (χ0v) is 48.1. The van der Waals surface area contributed by atoms with E-state index in [2.05, 4.69) is 288 Å². The summed E-state index contributed by atoms with van der Waals surface area (Å²) in [5.41, 5.74) is 24.4. The molecule has 0 atom stereocenters. The number of hydrogen-bond donors (Lipinski definition) is 0. The van der Waals surface area contributed by atoms with Crippen molar-refractivity contribution < 1.29 is 4.42 Å². The molecular weight excluding hydrogens is 1000 g/mol. The quantitative estimate of drug-likeness (QED) is 0.161. The third-order valence-electron chi connectivity index (χ3n) is 17.7. The summed E-state index contributed by atoms with van der Waals surface area (Å²) in [6.45, 7) is 21.1. The lowest BCUT2D eigenvalue weighted by Gasteiger charge is -2.46. The Morgan fingerprint density at radius 1 is 0.420 bits per heavy atom. The van der Waals surface area contributed by atoms with Gasteiger partial charge in [0.15, 0.2) is 0 Å². The first-order valence-corrected chi connectivity index (χ1v) is 29.4. The molecule has 0 unspecified atom stereocenters. The third kappa shape index (κ3) is 7.10. The van der Waals surface area contributed by atoms with Crippen LogP contribution in [0.15, 0.2) is 211 Å². The van der Waals surface area contributed by atoms with Gasteiger partial charge < -0.3 is 23.7 Å². The standard InChI is InChI=1S/C74H61BN4OS/c1-72(2,3)46-30-33-59-55(36-46)56-37-47(73(4,5)6)39-62-68(56)78(59)63-40-48(74(7,8)9)38-58-70(63)79(62)61-42-52(76(49-23-15-11-16-24-49)50-25-17-12-18-26-50)41-60-67(61)75(58)71-69(57-35-45(29-34-66(57)81-71)44-21-13-10-14-22-44)77(60)51-31-32-54-53-27-19-20-28-64(53)80-65(54)43-51/h10-43H,1-9H3. The summed E-state index contributed by atoms with van der Waals surface area (Å²) in [5.74, 6) is 0. The van der Waals surface area contributed by atoms with Crippen LogP contribution in [0.5, 0.6) is 0 Å². The number of aromatic nitrogens is 1. The van der Waals surface area contributed by atoms with Crippen LogP contribution in [0.2, 0.25) is 0 Å². The van der Waals surface area contributed by atoms with Crippen LogP contribution in [0.3, 0.4) is 0 Å². The molecule has 0 N–H and O–H groups in total. The Hall–Kier alpha value is -8.78. The van der Waals surface area contributed by atoms with Gasteiger partial charge in [0.25, 0.3) is 6.71 Å². The molecule has 7 heteroatoms. The molecule has 81 heavy (non-hydrogen) atoms. The summed E-state index contributed by atoms with van der Waals surface area (Å²) in [6.07, 6.45) is 0. The molecular formula is C74H61BN4OS. The second-order valence-corrected chi connectivity index (χ2v) is 26.9. The predicted octanol–water partition coefficient (Wildman–Crippen LogP) is 19.3. The Labute approximate surface area is 478 Å². The molecule has 13 aromatic rings. The molecule has 0 aliphatic carbocycles. The Morgan fingerprint density at radius 3 is 1.74 bits per heavy atom. The minimum absolute atomic E-state index is 0.0328. The number of para-hydroxylation sites is 3. The van der Waals surface area contributed by atoms with Crippen molar-refractivity contribution in [2.45, 2.75) is 78.6 Å². The average molecular weight is 1070 g/mol. The van der Waals surface area contributed by atoms with Crippen LogP contribution >= 0.6 is 11.3 Å². The Morgan fingerprint density at radius 2 is 1.04 bits per heavy atom. The van der Waals surface area contributed by atoms with Crippen molar-refractivity contribution in [2.75, 3.05) is 14.7 Å². The molecule has 392 valence electrons. The van der Waals surface area contributed by atoms with E-state index in [1.807, 2.05) is 11.3 Å². The predicted molar refractivity (Wildman–Crippen MR) is 347 cm³/mol. The molecule has 0 radical (unpaired) electrons. The highest BCUT2D eigenvalue weighted by atomic mass is 32.1. The number of furan rings is 1. The minimum atomic E-state index is -0.163. The maximum absolute atomic E-state index is 6.82. The van der Waals surface area contributed by atoms with Gasteiger partial charge in [-0.05, 0) is 152 Å². The molecule has 0 amide bonds. The molecule has 5 nitrogen and oxygen atoms in total. The summed E-state index contributed by atoms with van der Waals surface area (Å²) < 4.78 is 12.1. The number of hydrogen-bond acceptors (Lipinski definition) is 5. The van der Waals surface area contributed by atoms with E-state index in [1.165, 1.54) is 104 Å². The molecule has 0 bridgehead atoms. The second kappa shape index (κ2) is 16.9. The van der Waals surface area contributed by atoms with Crippen molar-refractivity contribution in [1.29, 1.82) is 0 Å². The molecule has 10 aromatic carbocycles. The Kier molecular flexibility index (Phi) is 10.0. The SMILES string of the molecule is CC(C)(C)c1cc2c3c(c1)-n1c4ccc(C(C)(C)C)cc4c4cc(C(C)(C)C)cc(c41)N3c1cc(N(c3ccccc3)c3ccccc3)cc3c1B2c1sc2ccc(-c4ccccc4)cc2c1N3c1ccc2c(c1)oc1ccccc12. The van der Waals surface area contributed by atoms with E-state index in [0.29, 0.717) is 0 Å². The smallest absolute Gasteiger partial charge is 0.264 e. The van der Waals surface area contributed by atoms with E-state index >= 15 is 0 Å². The van der Waals surface area contributed by atoms with Gasteiger partial charge in [-0.3, -0.25) is 0 Å². The van der Waals surface area contributed by atoms with Crippen molar-refractivity contribution >= 4 is 139 Å². The number of benzene rings is 10. The summed E-state index contributed by atoms with van der Waals surface area (Å²) >= 11 is 1.96. The van der Waals surface area contributed by atoms with Gasteiger partial charge in [0, 0.05) is 70.9 Å². The second-order valence-electron chi connectivity index (χ2n) is 25.8.